The summed E-state index contributed by atoms with van der Waals surface area (Å²) in [6, 6.07) is 4.48. The molecule has 0 aromatic heterocycles. The van der Waals surface area contributed by atoms with E-state index in [1.54, 1.807) is 6.92 Å². The molecular weight excluding hydrogens is 692 g/mol. The lowest BCUT2D eigenvalue weighted by Crippen LogP contribution is -2.61. The fourth-order valence-corrected chi connectivity index (χ4v) is 6.55. The number of carbonyl (C=O) groups is 6. The van der Waals surface area contributed by atoms with Gasteiger partial charge in [0, 0.05) is 13.6 Å². The maximum Gasteiger partial charge on any atom is 0.325 e. The van der Waals surface area contributed by atoms with Crippen molar-refractivity contribution >= 4 is 35.5 Å². The molecule has 1 heterocycles. The van der Waals surface area contributed by atoms with E-state index in [1.807, 2.05) is 44.2 Å². The zero-order valence-electron chi connectivity index (χ0n) is 33.2. The van der Waals surface area contributed by atoms with Crippen LogP contribution >= 0.6 is 0 Å². The molecule has 5 amide bonds. The second kappa shape index (κ2) is 24.4. The molecule has 1 aromatic carbocycles. The van der Waals surface area contributed by atoms with Crippen LogP contribution < -0.4 is 27.0 Å². The lowest BCUT2D eigenvalue weighted by atomic mass is 9.94. The number of hydrogen-bond acceptors (Lipinski definition) is 9. The van der Waals surface area contributed by atoms with Crippen LogP contribution in [0, 0.1) is 11.8 Å². The number of aliphatic hydroxyl groups is 1. The molecule has 7 N–H and O–H groups in total. The van der Waals surface area contributed by atoms with Gasteiger partial charge in [0.05, 0.1) is 12.0 Å². The minimum atomic E-state index is -1.49. The van der Waals surface area contributed by atoms with Gasteiger partial charge in [-0.2, -0.15) is 0 Å². The highest BCUT2D eigenvalue weighted by Crippen LogP contribution is 2.22. The van der Waals surface area contributed by atoms with Gasteiger partial charge in [0.2, 0.25) is 29.5 Å². The number of likely N-dealkylation sites (N-methyl/N-ethyl adjacent to an activating group) is 1. The average molecular weight is 759 g/mol. The first-order chi connectivity index (χ1) is 25.7. The molecule has 0 spiro atoms. The molecule has 304 valence electrons. The van der Waals surface area contributed by atoms with Crippen LogP contribution in [0.2, 0.25) is 0 Å². The van der Waals surface area contributed by atoms with E-state index in [9.17, 15) is 33.9 Å². The molecule has 0 saturated carbocycles. The smallest absolute Gasteiger partial charge is 0.325 e. The van der Waals surface area contributed by atoms with Gasteiger partial charge < -0.3 is 41.7 Å². The Bertz CT molecular complexity index is 1340. The van der Waals surface area contributed by atoms with Crippen LogP contribution in [0.3, 0.4) is 0 Å². The Kier molecular flexibility index (Phi) is 20.8. The van der Waals surface area contributed by atoms with Crippen molar-refractivity contribution in [3.63, 3.8) is 0 Å². The van der Waals surface area contributed by atoms with E-state index >= 15 is 0 Å². The number of nitrogens with zero attached hydrogens (tertiary/aromatic N) is 1. The van der Waals surface area contributed by atoms with E-state index in [0.29, 0.717) is 19.3 Å². The van der Waals surface area contributed by atoms with Crippen molar-refractivity contribution in [3.05, 3.63) is 35.9 Å². The second-order valence-corrected chi connectivity index (χ2v) is 15.0. The highest BCUT2D eigenvalue weighted by Gasteiger charge is 2.37. The highest BCUT2D eigenvalue weighted by molar-refractivity contribution is 5.96. The quantitative estimate of drug-likeness (QED) is 0.108. The number of carbonyl (C=O) groups excluding carboxylic acids is 6. The molecule has 14 heteroatoms. The monoisotopic (exact) mass is 758 g/mol. The van der Waals surface area contributed by atoms with Crippen molar-refractivity contribution in [1.82, 2.24) is 26.2 Å². The van der Waals surface area contributed by atoms with E-state index in [4.69, 9.17) is 10.5 Å². The van der Waals surface area contributed by atoms with Crippen LogP contribution in [0.1, 0.15) is 111 Å². The minimum absolute atomic E-state index is 0.00810. The summed E-state index contributed by atoms with van der Waals surface area (Å²) in [6.45, 7) is 8.04. The summed E-state index contributed by atoms with van der Waals surface area (Å²) in [5, 5.41) is 20.7. The zero-order valence-corrected chi connectivity index (χ0v) is 33.2. The van der Waals surface area contributed by atoms with Crippen molar-refractivity contribution in [2.75, 3.05) is 20.1 Å². The maximum absolute atomic E-state index is 14.1. The fourth-order valence-electron chi connectivity index (χ4n) is 6.55. The summed E-state index contributed by atoms with van der Waals surface area (Å²) in [5.74, 6) is -4.99. The molecule has 1 unspecified atom stereocenters. The van der Waals surface area contributed by atoms with Gasteiger partial charge in [0.25, 0.3) is 0 Å². The topological polar surface area (TPSA) is 209 Å². The summed E-state index contributed by atoms with van der Waals surface area (Å²) < 4.78 is 5.83. The number of unbranched alkanes of at least 4 members (excludes halogenated alkanes) is 7. The van der Waals surface area contributed by atoms with Gasteiger partial charge in [-0.1, -0.05) is 103 Å². The van der Waals surface area contributed by atoms with Crippen LogP contribution in [-0.2, 0) is 39.9 Å². The highest BCUT2D eigenvalue weighted by atomic mass is 16.5. The van der Waals surface area contributed by atoms with Crippen LogP contribution in [0.25, 0.3) is 0 Å². The number of nitrogens with one attached hydrogen (secondary N) is 4. The molecule has 1 aromatic rings. The lowest BCUT2D eigenvalue weighted by molar-refractivity contribution is -0.157. The Morgan fingerprint density at radius 2 is 1.41 bits per heavy atom. The van der Waals surface area contributed by atoms with Crippen molar-refractivity contribution in [2.45, 2.75) is 148 Å². The first-order valence-electron chi connectivity index (χ1n) is 19.8. The third-order valence-corrected chi connectivity index (χ3v) is 9.92. The van der Waals surface area contributed by atoms with Gasteiger partial charge in [0.15, 0.2) is 0 Å². The van der Waals surface area contributed by atoms with Crippen molar-refractivity contribution in [3.8, 4) is 0 Å². The number of aryl methyl sites for hydroxylation is 1. The number of cyclic esters (lactones) is 1. The van der Waals surface area contributed by atoms with Crippen molar-refractivity contribution in [2.24, 2.45) is 17.6 Å². The SMILES string of the molecule is CCCCCCCCCC[C@H]1OC(=O)CNC(=O)[C@H](C(C)O)NC(=O)[C@H](CN)NC(=O)[C@H](CCc2ccccc2)NC(=O)[C@H](CC(C)C)N(C)C(=O)[C@@H]1C. The van der Waals surface area contributed by atoms with Gasteiger partial charge in [-0.25, -0.2) is 0 Å². The summed E-state index contributed by atoms with van der Waals surface area (Å²) >= 11 is 0. The number of aliphatic hydroxyl groups excluding tert-OH is 1. The van der Waals surface area contributed by atoms with Crippen LogP contribution in [0.5, 0.6) is 0 Å². The molecule has 1 aliphatic heterocycles. The third-order valence-electron chi connectivity index (χ3n) is 9.92. The van der Waals surface area contributed by atoms with Gasteiger partial charge in [-0.05, 0) is 50.5 Å². The standard InChI is InChI=1S/C40H66N6O8/c1-7-8-9-10-11-12-13-17-20-33-27(4)40(53)46(6)32(23-26(2)3)38(51)43-30(22-21-29-18-15-14-16-19-29)36(49)44-31(24-41)37(50)45-35(28(5)47)39(52)42-25-34(48)54-33/h14-16,18-19,26-28,30-33,35,47H,7-13,17,20-25,41H2,1-6H3,(H,42,52)(H,43,51)(H,44,49)(H,45,50)/t27-,28?,30+,31+,32+,33-,35+/m1/s1. The Labute approximate surface area is 321 Å². The summed E-state index contributed by atoms with van der Waals surface area (Å²) in [5.41, 5.74) is 6.81. The van der Waals surface area contributed by atoms with Crippen molar-refractivity contribution < 1.29 is 38.6 Å². The number of amides is 5. The second-order valence-electron chi connectivity index (χ2n) is 15.0. The Morgan fingerprint density at radius 1 is 0.815 bits per heavy atom. The fraction of sp³-hybridized carbons (Fsp3) is 0.700. The number of hydrogen-bond donors (Lipinski definition) is 6. The molecule has 1 saturated heterocycles. The van der Waals surface area contributed by atoms with Crippen molar-refractivity contribution in [1.29, 1.82) is 0 Å². The van der Waals surface area contributed by atoms with Crippen LogP contribution in [-0.4, -0.2) is 102 Å². The average Bonchev–Trinajstić information content (AvgIpc) is 3.14. The summed E-state index contributed by atoms with van der Waals surface area (Å²) in [4.78, 5) is 83.0. The zero-order chi connectivity index (χ0) is 40.2. The lowest BCUT2D eigenvalue weighted by Gasteiger charge is -2.34. The molecule has 1 fully saturated rings. The predicted molar refractivity (Wildman–Crippen MR) is 207 cm³/mol. The van der Waals surface area contributed by atoms with Crippen LogP contribution in [0.4, 0.5) is 0 Å². The van der Waals surface area contributed by atoms with E-state index in [2.05, 4.69) is 28.2 Å². The van der Waals surface area contributed by atoms with Gasteiger partial charge in [0.1, 0.15) is 36.8 Å². The molecule has 7 atom stereocenters. The number of rotatable bonds is 16. The first-order valence-corrected chi connectivity index (χ1v) is 19.8. The van der Waals surface area contributed by atoms with Gasteiger partial charge >= 0.3 is 5.97 Å². The molecule has 2 rings (SSSR count). The molecule has 1 aliphatic rings. The first kappa shape index (κ1) is 46.1. The number of nitrogens with two attached hydrogens (primary N) is 1. The number of ether oxygens (including phenoxy) is 1. The molecule has 54 heavy (non-hydrogen) atoms. The minimum Gasteiger partial charge on any atom is -0.460 e. The Hall–Kier alpha value is -4.04. The Morgan fingerprint density at radius 3 is 2.00 bits per heavy atom. The van der Waals surface area contributed by atoms with E-state index in [-0.39, 0.29) is 25.3 Å². The number of esters is 1. The molecule has 0 radical (unpaired) electrons. The summed E-state index contributed by atoms with van der Waals surface area (Å²) in [7, 11) is 1.54. The van der Waals surface area contributed by atoms with Gasteiger partial charge in [-0.15, -0.1) is 0 Å². The molecular formula is C40H66N6O8. The Balaban J connectivity index is 2.48. The number of benzene rings is 1. The van der Waals surface area contributed by atoms with Crippen LogP contribution in [0.15, 0.2) is 30.3 Å². The van der Waals surface area contributed by atoms with E-state index < -0.39 is 84.3 Å². The van der Waals surface area contributed by atoms with E-state index in [1.165, 1.54) is 38.1 Å². The largest absolute Gasteiger partial charge is 0.460 e. The third kappa shape index (κ3) is 15.7. The predicted octanol–water partition coefficient (Wildman–Crippen LogP) is 2.49. The maximum atomic E-state index is 14.1. The summed E-state index contributed by atoms with van der Waals surface area (Å²) in [6.07, 6.45) is 7.44. The molecule has 0 bridgehead atoms. The molecule has 14 nitrogen and oxygen atoms in total. The van der Waals surface area contributed by atoms with E-state index in [0.717, 1.165) is 31.2 Å². The van der Waals surface area contributed by atoms with Gasteiger partial charge in [-0.3, -0.25) is 28.8 Å². The normalized spacial score (nSPS) is 24.7. The molecule has 0 aliphatic carbocycles.